The summed E-state index contributed by atoms with van der Waals surface area (Å²) in [6.07, 6.45) is 5.31. The van der Waals surface area contributed by atoms with Gasteiger partial charge < -0.3 is 11.1 Å². The number of hydrogen-bond acceptors (Lipinski definition) is 4. The van der Waals surface area contributed by atoms with Gasteiger partial charge in [-0.25, -0.2) is 4.52 Å². The van der Waals surface area contributed by atoms with Crippen molar-refractivity contribution in [3.63, 3.8) is 0 Å². The number of hydrogen-bond donors (Lipinski definition) is 2. The van der Waals surface area contributed by atoms with Crippen LogP contribution in [0.2, 0.25) is 0 Å². The first-order valence-corrected chi connectivity index (χ1v) is 8.01. The van der Waals surface area contributed by atoms with E-state index in [0.717, 1.165) is 36.8 Å². The molecule has 1 amide bonds. The van der Waals surface area contributed by atoms with Crippen LogP contribution in [0, 0.1) is 30.1 Å². The molecule has 1 fully saturated rings. The molecule has 0 spiro atoms. The van der Waals surface area contributed by atoms with E-state index >= 15 is 0 Å². The van der Waals surface area contributed by atoms with Crippen molar-refractivity contribution in [3.8, 4) is 6.07 Å². The summed E-state index contributed by atoms with van der Waals surface area (Å²) >= 11 is 0. The van der Waals surface area contributed by atoms with Gasteiger partial charge >= 0.3 is 0 Å². The number of pyridine rings is 1. The Labute approximate surface area is 135 Å². The molecule has 1 aliphatic carbocycles. The van der Waals surface area contributed by atoms with Crippen LogP contribution >= 0.6 is 0 Å². The minimum absolute atomic E-state index is 0.0272. The van der Waals surface area contributed by atoms with E-state index < -0.39 is 0 Å². The summed E-state index contributed by atoms with van der Waals surface area (Å²) in [7, 11) is 0. The highest BCUT2D eigenvalue weighted by Crippen LogP contribution is 2.29. The Balaban J connectivity index is 1.80. The summed E-state index contributed by atoms with van der Waals surface area (Å²) in [6.45, 7) is 2.65. The molecule has 23 heavy (non-hydrogen) atoms. The number of fused-ring (bicyclic) bond motifs is 1. The van der Waals surface area contributed by atoms with Crippen molar-refractivity contribution in [1.29, 1.82) is 5.26 Å². The van der Waals surface area contributed by atoms with Gasteiger partial charge in [-0.2, -0.15) is 10.4 Å². The molecule has 0 unspecified atom stereocenters. The minimum atomic E-state index is 0.0272. The van der Waals surface area contributed by atoms with Gasteiger partial charge in [0.25, 0.3) is 0 Å². The van der Waals surface area contributed by atoms with E-state index in [2.05, 4.69) is 16.5 Å². The fourth-order valence-electron chi connectivity index (χ4n) is 3.29. The molecule has 6 nitrogen and oxygen atoms in total. The van der Waals surface area contributed by atoms with Gasteiger partial charge in [-0.1, -0.05) is 0 Å². The summed E-state index contributed by atoms with van der Waals surface area (Å²) in [5.74, 6) is 1.22. The molecule has 0 saturated heterocycles. The molecule has 2 heterocycles. The van der Waals surface area contributed by atoms with Gasteiger partial charge in [0.1, 0.15) is 11.9 Å². The fourth-order valence-corrected chi connectivity index (χ4v) is 3.29. The number of nitrogens with two attached hydrogens (primary N) is 1. The molecule has 1 saturated carbocycles. The third kappa shape index (κ3) is 3.06. The molecule has 1 aliphatic rings. The topological polar surface area (TPSA) is 96.2 Å². The van der Waals surface area contributed by atoms with Crippen molar-refractivity contribution in [2.45, 2.75) is 32.6 Å². The monoisotopic (exact) mass is 311 g/mol. The highest BCUT2D eigenvalue weighted by atomic mass is 16.2. The maximum atomic E-state index is 12.5. The molecule has 3 N–H and O–H groups in total. The number of rotatable bonds is 3. The number of nitriles is 1. The number of aromatic nitrogens is 2. The third-order valence-electron chi connectivity index (χ3n) is 4.69. The average molecular weight is 311 g/mol. The Morgan fingerprint density at radius 3 is 2.83 bits per heavy atom. The number of nitrogens with zero attached hydrogens (tertiary/aromatic N) is 3. The van der Waals surface area contributed by atoms with Gasteiger partial charge in [0.2, 0.25) is 5.91 Å². The Bertz CT molecular complexity index is 765. The zero-order valence-corrected chi connectivity index (χ0v) is 13.2. The summed E-state index contributed by atoms with van der Waals surface area (Å²) in [5, 5.41) is 16.3. The second-order valence-electron chi connectivity index (χ2n) is 6.33. The van der Waals surface area contributed by atoms with Gasteiger partial charge in [-0.05, 0) is 62.8 Å². The van der Waals surface area contributed by atoms with Crippen molar-refractivity contribution in [3.05, 3.63) is 29.5 Å². The van der Waals surface area contributed by atoms with Crippen LogP contribution in [0.15, 0.2) is 18.3 Å². The predicted octanol–water partition coefficient (Wildman–Crippen LogP) is 2.22. The molecular formula is C17H21N5O. The van der Waals surface area contributed by atoms with E-state index in [0.29, 0.717) is 23.8 Å². The molecule has 0 aliphatic heterocycles. The Morgan fingerprint density at radius 1 is 1.43 bits per heavy atom. The lowest BCUT2D eigenvalue weighted by atomic mass is 9.81. The van der Waals surface area contributed by atoms with Crippen molar-refractivity contribution < 1.29 is 4.79 Å². The van der Waals surface area contributed by atoms with Crippen molar-refractivity contribution in [2.75, 3.05) is 11.9 Å². The van der Waals surface area contributed by atoms with Gasteiger partial charge in [0.15, 0.2) is 0 Å². The summed E-state index contributed by atoms with van der Waals surface area (Å²) in [4.78, 5) is 12.5. The second-order valence-corrected chi connectivity index (χ2v) is 6.33. The van der Waals surface area contributed by atoms with Crippen LogP contribution in [0.3, 0.4) is 0 Å². The van der Waals surface area contributed by atoms with Gasteiger partial charge in [-0.15, -0.1) is 0 Å². The maximum absolute atomic E-state index is 12.5. The van der Waals surface area contributed by atoms with Crippen molar-refractivity contribution in [2.24, 2.45) is 17.6 Å². The first kappa shape index (κ1) is 15.5. The lowest BCUT2D eigenvalue weighted by Crippen LogP contribution is -2.30. The van der Waals surface area contributed by atoms with Crippen LogP contribution in [-0.2, 0) is 4.79 Å². The van der Waals surface area contributed by atoms with Crippen LogP contribution in [0.5, 0.6) is 0 Å². The van der Waals surface area contributed by atoms with Crippen LogP contribution in [0.1, 0.15) is 36.8 Å². The van der Waals surface area contributed by atoms with E-state index in [4.69, 9.17) is 11.0 Å². The number of aryl methyl sites for hydroxylation is 1. The first-order chi connectivity index (χ1) is 11.1. The summed E-state index contributed by atoms with van der Waals surface area (Å²) < 4.78 is 1.62. The minimum Gasteiger partial charge on any atom is -0.330 e. The zero-order chi connectivity index (χ0) is 16.4. The number of nitrogens with one attached hydrogen (secondary N) is 1. The van der Waals surface area contributed by atoms with Crippen LogP contribution in [0.4, 0.5) is 5.82 Å². The lowest BCUT2D eigenvalue weighted by molar-refractivity contribution is -0.121. The van der Waals surface area contributed by atoms with Gasteiger partial charge in [0, 0.05) is 5.92 Å². The number of carbonyl (C=O) groups excluding carboxylic acids is 1. The molecule has 0 atom stereocenters. The zero-order valence-electron chi connectivity index (χ0n) is 13.2. The molecule has 0 aromatic carbocycles. The highest BCUT2D eigenvalue weighted by molar-refractivity contribution is 5.92. The standard InChI is InChI=1S/C17H21N5O/c1-11-6-15-14(9-19)10-20-22(15)16(7-11)21-17(23)13-4-2-12(8-18)3-5-13/h6-7,10,12-13H,2-5,8,18H2,1H3,(H,21,23). The quantitative estimate of drug-likeness (QED) is 0.908. The summed E-state index contributed by atoms with van der Waals surface area (Å²) in [5.41, 5.74) is 7.91. The molecule has 2 aromatic heterocycles. The first-order valence-electron chi connectivity index (χ1n) is 8.01. The van der Waals surface area contributed by atoms with Crippen molar-refractivity contribution in [1.82, 2.24) is 9.61 Å². The average Bonchev–Trinajstić information content (AvgIpc) is 2.97. The highest BCUT2D eigenvalue weighted by Gasteiger charge is 2.26. The van der Waals surface area contributed by atoms with E-state index in [1.54, 1.807) is 4.52 Å². The predicted molar refractivity (Wildman–Crippen MR) is 87.8 cm³/mol. The number of carbonyl (C=O) groups is 1. The normalized spacial score (nSPS) is 21.1. The molecule has 2 aromatic rings. The van der Waals surface area contributed by atoms with Crippen molar-refractivity contribution >= 4 is 17.2 Å². The van der Waals surface area contributed by atoms with E-state index in [1.165, 1.54) is 6.20 Å². The molecule has 3 rings (SSSR count). The van der Waals surface area contributed by atoms with Gasteiger partial charge in [0.05, 0.1) is 17.3 Å². The maximum Gasteiger partial charge on any atom is 0.228 e. The SMILES string of the molecule is Cc1cc(NC(=O)C2CCC(CN)CC2)n2ncc(C#N)c2c1. The largest absolute Gasteiger partial charge is 0.330 e. The number of amides is 1. The van der Waals surface area contributed by atoms with Crippen LogP contribution in [-0.4, -0.2) is 22.1 Å². The molecule has 0 bridgehead atoms. The third-order valence-corrected chi connectivity index (χ3v) is 4.69. The number of anilines is 1. The van der Waals surface area contributed by atoms with E-state index in [9.17, 15) is 4.79 Å². The van der Waals surface area contributed by atoms with Crippen LogP contribution < -0.4 is 11.1 Å². The molecule has 0 radical (unpaired) electrons. The van der Waals surface area contributed by atoms with Crippen LogP contribution in [0.25, 0.3) is 5.52 Å². The molecular weight excluding hydrogens is 290 g/mol. The van der Waals surface area contributed by atoms with E-state index in [-0.39, 0.29) is 11.8 Å². The molecule has 120 valence electrons. The Hall–Kier alpha value is -2.39. The Kier molecular flexibility index (Phi) is 4.30. The van der Waals surface area contributed by atoms with Gasteiger partial charge in [-0.3, -0.25) is 4.79 Å². The van der Waals surface area contributed by atoms with E-state index in [1.807, 2.05) is 19.1 Å². The second kappa shape index (κ2) is 6.39. The lowest BCUT2D eigenvalue weighted by Gasteiger charge is -2.26. The fraction of sp³-hybridized carbons (Fsp3) is 0.471. The smallest absolute Gasteiger partial charge is 0.228 e. The Morgan fingerprint density at radius 2 is 2.17 bits per heavy atom. The molecule has 6 heteroatoms. The summed E-state index contributed by atoms with van der Waals surface area (Å²) in [6, 6.07) is 5.90.